The van der Waals surface area contributed by atoms with E-state index in [1.54, 1.807) is 15.9 Å². The lowest BCUT2D eigenvalue weighted by atomic mass is 9.75. The molecule has 9 heteroatoms. The molecule has 0 aliphatic carbocycles. The van der Waals surface area contributed by atoms with Gasteiger partial charge in [0.15, 0.2) is 0 Å². The fourth-order valence-corrected chi connectivity index (χ4v) is 5.54. The highest BCUT2D eigenvalue weighted by atomic mass is 19.1. The molecule has 2 aliphatic heterocycles. The molecule has 202 valence electrons. The largest absolute Gasteiger partial charge is 0.469 e. The number of esters is 1. The van der Waals surface area contributed by atoms with Gasteiger partial charge >= 0.3 is 12.0 Å². The van der Waals surface area contributed by atoms with Crippen molar-refractivity contribution in [3.63, 3.8) is 0 Å². The van der Waals surface area contributed by atoms with E-state index in [1.807, 2.05) is 24.3 Å². The van der Waals surface area contributed by atoms with Crippen LogP contribution in [0.2, 0.25) is 0 Å². The number of rotatable bonds is 5. The number of fused-ring (bicyclic) bond motifs is 1. The number of carbonyl (C=O) groups is 3. The molecule has 1 fully saturated rings. The van der Waals surface area contributed by atoms with Crippen LogP contribution in [0.1, 0.15) is 24.8 Å². The summed E-state index contributed by atoms with van der Waals surface area (Å²) in [6.07, 6.45) is 0.878. The van der Waals surface area contributed by atoms with Gasteiger partial charge in [0, 0.05) is 31.7 Å². The second kappa shape index (κ2) is 10.8. The van der Waals surface area contributed by atoms with Crippen LogP contribution in [-0.4, -0.2) is 49.6 Å². The van der Waals surface area contributed by atoms with Gasteiger partial charge in [-0.05, 0) is 61.2 Å². The Labute approximate surface area is 225 Å². The zero-order chi connectivity index (χ0) is 27.6. The standard InChI is InChI=1S/C30H29F2N3O4/c1-39-28(37)30(14-17-33(18-15-30)29(38)34-16-13-21-7-2-4-11-25(21)34)20-27(36)35(23-9-6-8-22(31)19-23)26-12-5-3-10-24(26)32/h2-12,19H,13-18,20H2,1H3. The Kier molecular flexibility index (Phi) is 7.32. The van der Waals surface area contributed by atoms with Gasteiger partial charge in [-0.2, -0.15) is 0 Å². The minimum atomic E-state index is -1.22. The number of carbonyl (C=O) groups excluding carboxylic acids is 3. The average Bonchev–Trinajstić information content (AvgIpc) is 3.38. The molecular formula is C30H29F2N3O4. The maximum absolute atomic E-state index is 14.9. The second-order valence-corrected chi connectivity index (χ2v) is 9.91. The van der Waals surface area contributed by atoms with Crippen LogP contribution in [0.3, 0.4) is 0 Å². The van der Waals surface area contributed by atoms with Crippen molar-refractivity contribution in [2.24, 2.45) is 5.41 Å². The third-order valence-corrected chi connectivity index (χ3v) is 7.63. The molecule has 39 heavy (non-hydrogen) atoms. The minimum absolute atomic E-state index is 0.0478. The van der Waals surface area contributed by atoms with E-state index in [0.717, 1.165) is 28.6 Å². The Bertz CT molecular complexity index is 1400. The maximum Gasteiger partial charge on any atom is 0.324 e. The lowest BCUT2D eigenvalue weighted by molar-refractivity contribution is -0.157. The van der Waals surface area contributed by atoms with E-state index in [1.165, 1.54) is 43.5 Å². The Hall–Kier alpha value is -4.27. The molecule has 3 amide bonds. The number of likely N-dealkylation sites (tertiary alicyclic amines) is 1. The van der Waals surface area contributed by atoms with Crippen molar-refractivity contribution in [2.75, 3.05) is 36.5 Å². The summed E-state index contributed by atoms with van der Waals surface area (Å²) < 4.78 is 34.1. The summed E-state index contributed by atoms with van der Waals surface area (Å²) in [5.41, 5.74) is 0.877. The van der Waals surface area contributed by atoms with Crippen LogP contribution in [0.4, 0.5) is 30.6 Å². The number of piperidine rings is 1. The van der Waals surface area contributed by atoms with E-state index in [9.17, 15) is 23.2 Å². The van der Waals surface area contributed by atoms with Crippen molar-refractivity contribution in [3.05, 3.63) is 90.0 Å². The molecule has 7 nitrogen and oxygen atoms in total. The highest BCUT2D eigenvalue weighted by molar-refractivity contribution is 6.03. The van der Waals surface area contributed by atoms with Crippen molar-refractivity contribution >= 4 is 35.0 Å². The number of para-hydroxylation sites is 2. The Balaban J connectivity index is 1.38. The minimum Gasteiger partial charge on any atom is -0.469 e. The van der Waals surface area contributed by atoms with Gasteiger partial charge < -0.3 is 9.64 Å². The molecule has 0 saturated carbocycles. The average molecular weight is 534 g/mol. The first-order valence-electron chi connectivity index (χ1n) is 12.9. The molecule has 2 aliphatic rings. The van der Waals surface area contributed by atoms with Crippen LogP contribution in [0, 0.1) is 17.0 Å². The smallest absolute Gasteiger partial charge is 0.324 e. The van der Waals surface area contributed by atoms with Gasteiger partial charge in [0.2, 0.25) is 5.91 Å². The molecular weight excluding hydrogens is 504 g/mol. The quantitative estimate of drug-likeness (QED) is 0.409. The summed E-state index contributed by atoms with van der Waals surface area (Å²) >= 11 is 0. The van der Waals surface area contributed by atoms with Crippen molar-refractivity contribution < 1.29 is 27.9 Å². The van der Waals surface area contributed by atoms with E-state index in [4.69, 9.17) is 4.74 Å². The summed E-state index contributed by atoms with van der Waals surface area (Å²) in [7, 11) is 1.26. The summed E-state index contributed by atoms with van der Waals surface area (Å²) in [4.78, 5) is 44.8. The number of nitrogens with zero attached hydrogens (tertiary/aromatic N) is 3. The number of ether oxygens (including phenoxy) is 1. The van der Waals surface area contributed by atoms with Gasteiger partial charge in [0.1, 0.15) is 11.6 Å². The molecule has 0 aromatic heterocycles. The number of anilines is 3. The Morgan fingerprint density at radius 1 is 0.923 bits per heavy atom. The summed E-state index contributed by atoms with van der Waals surface area (Å²) in [5, 5.41) is 0. The number of hydrogen-bond acceptors (Lipinski definition) is 4. The topological polar surface area (TPSA) is 70.2 Å². The lowest BCUT2D eigenvalue weighted by Crippen LogP contribution is -2.52. The van der Waals surface area contributed by atoms with Gasteiger partial charge in [-0.25, -0.2) is 13.6 Å². The van der Waals surface area contributed by atoms with E-state index in [-0.39, 0.29) is 49.8 Å². The third-order valence-electron chi connectivity index (χ3n) is 7.63. The van der Waals surface area contributed by atoms with E-state index < -0.39 is 28.9 Å². The molecule has 3 aromatic rings. The zero-order valence-electron chi connectivity index (χ0n) is 21.6. The van der Waals surface area contributed by atoms with Crippen molar-refractivity contribution in [3.8, 4) is 0 Å². The van der Waals surface area contributed by atoms with Crippen LogP contribution >= 0.6 is 0 Å². The Morgan fingerprint density at radius 2 is 1.64 bits per heavy atom. The van der Waals surface area contributed by atoms with E-state index >= 15 is 0 Å². The van der Waals surface area contributed by atoms with Gasteiger partial charge in [0.25, 0.3) is 0 Å². The maximum atomic E-state index is 14.9. The Morgan fingerprint density at radius 3 is 2.36 bits per heavy atom. The first kappa shape index (κ1) is 26.3. The highest BCUT2D eigenvalue weighted by Crippen LogP contribution is 2.40. The van der Waals surface area contributed by atoms with Crippen LogP contribution in [0.5, 0.6) is 0 Å². The van der Waals surface area contributed by atoms with Gasteiger partial charge in [0.05, 0.1) is 23.9 Å². The van der Waals surface area contributed by atoms with Gasteiger partial charge in [-0.1, -0.05) is 36.4 Å². The van der Waals surface area contributed by atoms with Gasteiger partial charge in [-0.3, -0.25) is 19.4 Å². The van der Waals surface area contributed by atoms with E-state index in [2.05, 4.69) is 0 Å². The number of methoxy groups -OCH3 is 1. The molecule has 0 unspecified atom stereocenters. The molecule has 0 bridgehead atoms. The molecule has 0 N–H and O–H groups in total. The van der Waals surface area contributed by atoms with Crippen LogP contribution in [0.25, 0.3) is 0 Å². The molecule has 0 spiro atoms. The first-order chi connectivity index (χ1) is 18.8. The normalized spacial score (nSPS) is 16.0. The third kappa shape index (κ3) is 5.08. The number of benzene rings is 3. The second-order valence-electron chi connectivity index (χ2n) is 9.91. The fourth-order valence-electron chi connectivity index (χ4n) is 5.54. The van der Waals surface area contributed by atoms with Crippen molar-refractivity contribution in [1.29, 1.82) is 0 Å². The number of halogens is 2. The van der Waals surface area contributed by atoms with Crippen LogP contribution < -0.4 is 9.80 Å². The predicted octanol–water partition coefficient (Wildman–Crippen LogP) is 5.46. The number of amides is 3. The van der Waals surface area contributed by atoms with Crippen molar-refractivity contribution in [2.45, 2.75) is 25.7 Å². The van der Waals surface area contributed by atoms with Crippen molar-refractivity contribution in [1.82, 2.24) is 4.90 Å². The SMILES string of the molecule is COC(=O)C1(CC(=O)N(c2cccc(F)c2)c2ccccc2F)CCN(C(=O)N2CCc3ccccc32)CC1. The highest BCUT2D eigenvalue weighted by Gasteiger charge is 2.47. The molecule has 0 atom stereocenters. The van der Waals surface area contributed by atoms with Gasteiger partial charge in [-0.15, -0.1) is 0 Å². The molecule has 5 rings (SSSR count). The number of urea groups is 1. The zero-order valence-corrected chi connectivity index (χ0v) is 21.6. The predicted molar refractivity (Wildman–Crippen MR) is 143 cm³/mol. The molecule has 3 aromatic carbocycles. The fraction of sp³-hybridized carbons (Fsp3) is 0.300. The lowest BCUT2D eigenvalue weighted by Gasteiger charge is -2.41. The molecule has 1 saturated heterocycles. The molecule has 2 heterocycles. The summed E-state index contributed by atoms with van der Waals surface area (Å²) in [6, 6.07) is 18.7. The monoisotopic (exact) mass is 533 g/mol. The first-order valence-corrected chi connectivity index (χ1v) is 12.9. The summed E-state index contributed by atoms with van der Waals surface area (Å²) in [6.45, 7) is 1.08. The van der Waals surface area contributed by atoms with E-state index in [0.29, 0.717) is 6.54 Å². The van der Waals surface area contributed by atoms with Crippen LogP contribution in [-0.2, 0) is 20.7 Å². The summed E-state index contributed by atoms with van der Waals surface area (Å²) in [5.74, 6) is -2.39. The van der Waals surface area contributed by atoms with Crippen LogP contribution in [0.15, 0.2) is 72.8 Å². The number of hydrogen-bond donors (Lipinski definition) is 0. The molecule has 0 radical (unpaired) electrons.